The SMILES string of the molecule is Cc1cc(F)cc2c1C(=O)CCO2. The Morgan fingerprint density at radius 2 is 2.23 bits per heavy atom. The van der Waals surface area contributed by atoms with Gasteiger partial charge in [0.15, 0.2) is 5.78 Å². The van der Waals surface area contributed by atoms with Crippen molar-refractivity contribution in [1.82, 2.24) is 0 Å². The fourth-order valence-electron chi connectivity index (χ4n) is 1.56. The molecule has 1 aromatic rings. The molecule has 1 aliphatic rings. The number of halogens is 1. The molecular formula is C10H9FO2. The van der Waals surface area contributed by atoms with Gasteiger partial charge in [-0.15, -0.1) is 0 Å². The van der Waals surface area contributed by atoms with Crippen molar-refractivity contribution in [1.29, 1.82) is 0 Å². The van der Waals surface area contributed by atoms with Crippen LogP contribution in [0.3, 0.4) is 0 Å². The lowest BCUT2D eigenvalue weighted by molar-refractivity contribution is 0.0932. The Balaban J connectivity index is 2.63. The number of benzene rings is 1. The summed E-state index contributed by atoms with van der Waals surface area (Å²) >= 11 is 0. The second-order valence-corrected chi connectivity index (χ2v) is 3.12. The highest BCUT2D eigenvalue weighted by molar-refractivity contribution is 6.00. The van der Waals surface area contributed by atoms with Gasteiger partial charge < -0.3 is 4.74 Å². The molecule has 0 N–H and O–H groups in total. The Hall–Kier alpha value is -1.38. The van der Waals surface area contributed by atoms with E-state index in [2.05, 4.69) is 0 Å². The molecule has 68 valence electrons. The van der Waals surface area contributed by atoms with Crippen LogP contribution < -0.4 is 4.74 Å². The average molecular weight is 180 g/mol. The van der Waals surface area contributed by atoms with Gasteiger partial charge >= 0.3 is 0 Å². The van der Waals surface area contributed by atoms with E-state index in [9.17, 15) is 9.18 Å². The Morgan fingerprint density at radius 1 is 1.46 bits per heavy atom. The van der Waals surface area contributed by atoms with Crippen LogP contribution in [0.2, 0.25) is 0 Å². The zero-order chi connectivity index (χ0) is 9.42. The maximum Gasteiger partial charge on any atom is 0.170 e. The number of rotatable bonds is 0. The van der Waals surface area contributed by atoms with E-state index in [-0.39, 0.29) is 11.6 Å². The van der Waals surface area contributed by atoms with Crippen molar-refractivity contribution in [3.63, 3.8) is 0 Å². The third-order valence-electron chi connectivity index (χ3n) is 2.13. The van der Waals surface area contributed by atoms with Crippen LogP contribution in [-0.4, -0.2) is 12.4 Å². The number of carbonyl (C=O) groups excluding carboxylic acids is 1. The topological polar surface area (TPSA) is 26.3 Å². The second kappa shape index (κ2) is 2.83. The molecule has 3 heteroatoms. The zero-order valence-corrected chi connectivity index (χ0v) is 7.26. The summed E-state index contributed by atoms with van der Waals surface area (Å²) in [4.78, 5) is 11.4. The molecule has 2 nitrogen and oxygen atoms in total. The smallest absolute Gasteiger partial charge is 0.170 e. The number of carbonyl (C=O) groups is 1. The van der Waals surface area contributed by atoms with Crippen LogP contribution in [0.25, 0.3) is 0 Å². The summed E-state index contributed by atoms with van der Waals surface area (Å²) in [7, 11) is 0. The highest BCUT2D eigenvalue weighted by Gasteiger charge is 2.21. The molecule has 1 aliphatic heterocycles. The lowest BCUT2D eigenvalue weighted by Gasteiger charge is -2.17. The summed E-state index contributed by atoms with van der Waals surface area (Å²) in [6, 6.07) is 2.62. The number of aryl methyl sites for hydroxylation is 1. The molecule has 0 atom stereocenters. The lowest BCUT2D eigenvalue weighted by Crippen LogP contribution is -2.16. The van der Waals surface area contributed by atoms with Gasteiger partial charge in [0.2, 0.25) is 0 Å². The first-order chi connectivity index (χ1) is 6.18. The van der Waals surface area contributed by atoms with E-state index < -0.39 is 0 Å². The predicted molar refractivity (Wildman–Crippen MR) is 45.6 cm³/mol. The number of fused-ring (bicyclic) bond motifs is 1. The van der Waals surface area contributed by atoms with Crippen molar-refractivity contribution in [3.8, 4) is 5.75 Å². The van der Waals surface area contributed by atoms with Gasteiger partial charge in [-0.2, -0.15) is 0 Å². The fourth-order valence-corrected chi connectivity index (χ4v) is 1.56. The molecule has 0 saturated carbocycles. The molecule has 0 amide bonds. The van der Waals surface area contributed by atoms with Crippen LogP contribution in [0.1, 0.15) is 22.3 Å². The van der Waals surface area contributed by atoms with Crippen LogP contribution in [0.4, 0.5) is 4.39 Å². The molecule has 1 aromatic carbocycles. The molecule has 1 heterocycles. The van der Waals surface area contributed by atoms with E-state index in [1.54, 1.807) is 6.92 Å². The van der Waals surface area contributed by atoms with Crippen LogP contribution >= 0.6 is 0 Å². The van der Waals surface area contributed by atoms with Crippen molar-refractivity contribution < 1.29 is 13.9 Å². The summed E-state index contributed by atoms with van der Waals surface area (Å²) in [5.41, 5.74) is 1.19. The van der Waals surface area contributed by atoms with Gasteiger partial charge in [0.25, 0.3) is 0 Å². The number of Topliss-reactive ketones (excluding diaryl/α,β-unsaturated/α-hetero) is 1. The normalized spacial score (nSPS) is 15.1. The Morgan fingerprint density at radius 3 is 3.00 bits per heavy atom. The summed E-state index contributed by atoms with van der Waals surface area (Å²) in [6.07, 6.45) is 0.388. The van der Waals surface area contributed by atoms with Gasteiger partial charge in [-0.25, -0.2) is 4.39 Å². The first-order valence-corrected chi connectivity index (χ1v) is 4.14. The first kappa shape index (κ1) is 8.23. The summed E-state index contributed by atoms with van der Waals surface area (Å²) < 4.78 is 18.1. The van der Waals surface area contributed by atoms with E-state index in [1.165, 1.54) is 12.1 Å². The molecule has 0 spiro atoms. The first-order valence-electron chi connectivity index (χ1n) is 4.14. The highest BCUT2D eigenvalue weighted by Crippen LogP contribution is 2.28. The molecule has 0 radical (unpaired) electrons. The number of ketones is 1. The largest absolute Gasteiger partial charge is 0.492 e. The molecular weight excluding hydrogens is 171 g/mol. The van der Waals surface area contributed by atoms with E-state index >= 15 is 0 Å². The van der Waals surface area contributed by atoms with Crippen LogP contribution in [-0.2, 0) is 0 Å². The van der Waals surface area contributed by atoms with Crippen molar-refractivity contribution in [2.45, 2.75) is 13.3 Å². The van der Waals surface area contributed by atoms with Gasteiger partial charge in [-0.05, 0) is 18.6 Å². The summed E-state index contributed by atoms with van der Waals surface area (Å²) in [6.45, 7) is 2.07. The molecule has 0 aliphatic carbocycles. The minimum Gasteiger partial charge on any atom is -0.492 e. The van der Waals surface area contributed by atoms with Crippen molar-refractivity contribution in [3.05, 3.63) is 29.1 Å². The summed E-state index contributed by atoms with van der Waals surface area (Å²) in [5.74, 6) is 0.0680. The standard InChI is InChI=1S/C10H9FO2/c1-6-4-7(11)5-9-10(6)8(12)2-3-13-9/h4-5H,2-3H2,1H3. The third-order valence-corrected chi connectivity index (χ3v) is 2.13. The molecule has 0 aromatic heterocycles. The average Bonchev–Trinajstić information content (AvgIpc) is 2.02. The molecule has 2 rings (SSSR count). The van der Waals surface area contributed by atoms with Crippen LogP contribution in [0.15, 0.2) is 12.1 Å². The second-order valence-electron chi connectivity index (χ2n) is 3.12. The predicted octanol–water partition coefficient (Wildman–Crippen LogP) is 2.10. The van der Waals surface area contributed by atoms with Crippen molar-refractivity contribution >= 4 is 5.78 Å². The molecule has 0 bridgehead atoms. The van der Waals surface area contributed by atoms with Gasteiger partial charge in [0, 0.05) is 12.5 Å². The van der Waals surface area contributed by atoms with Crippen LogP contribution in [0, 0.1) is 12.7 Å². The van der Waals surface area contributed by atoms with Crippen molar-refractivity contribution in [2.24, 2.45) is 0 Å². The molecule has 0 saturated heterocycles. The zero-order valence-electron chi connectivity index (χ0n) is 7.26. The van der Waals surface area contributed by atoms with E-state index in [0.717, 1.165) is 0 Å². The van der Waals surface area contributed by atoms with Gasteiger partial charge in [-0.3, -0.25) is 4.79 Å². The minimum absolute atomic E-state index is 0.0405. The van der Waals surface area contributed by atoms with Gasteiger partial charge in [0.1, 0.15) is 11.6 Å². The monoisotopic (exact) mass is 180 g/mol. The van der Waals surface area contributed by atoms with E-state index in [4.69, 9.17) is 4.74 Å². The van der Waals surface area contributed by atoms with Gasteiger partial charge in [0.05, 0.1) is 12.2 Å². The molecule has 0 fully saturated rings. The fraction of sp³-hybridized carbons (Fsp3) is 0.300. The minimum atomic E-state index is -0.356. The molecule has 13 heavy (non-hydrogen) atoms. The quantitative estimate of drug-likeness (QED) is 0.611. The molecule has 0 unspecified atom stereocenters. The maximum absolute atomic E-state index is 12.9. The number of hydrogen-bond donors (Lipinski definition) is 0. The van der Waals surface area contributed by atoms with Crippen LogP contribution in [0.5, 0.6) is 5.75 Å². The number of ether oxygens (including phenoxy) is 1. The number of hydrogen-bond acceptors (Lipinski definition) is 2. The maximum atomic E-state index is 12.9. The van der Waals surface area contributed by atoms with E-state index in [1.807, 2.05) is 0 Å². The van der Waals surface area contributed by atoms with Gasteiger partial charge in [-0.1, -0.05) is 0 Å². The summed E-state index contributed by atoms with van der Waals surface area (Å²) in [5, 5.41) is 0. The Labute approximate surface area is 75.3 Å². The third kappa shape index (κ3) is 1.30. The Bertz CT molecular complexity index is 371. The van der Waals surface area contributed by atoms with E-state index in [0.29, 0.717) is 29.9 Å². The Kier molecular flexibility index (Phi) is 1.79. The lowest BCUT2D eigenvalue weighted by atomic mass is 10.00. The van der Waals surface area contributed by atoms with Crippen molar-refractivity contribution in [2.75, 3.05) is 6.61 Å². The highest BCUT2D eigenvalue weighted by atomic mass is 19.1.